The van der Waals surface area contributed by atoms with Crippen LogP contribution in [0.3, 0.4) is 0 Å². The number of hydrogen-bond acceptors (Lipinski definition) is 3. The molecule has 0 unspecified atom stereocenters. The largest absolute Gasteiger partial charge is 0.497 e. The Bertz CT molecular complexity index is 613. The van der Waals surface area contributed by atoms with E-state index in [-0.39, 0.29) is 12.3 Å². The van der Waals surface area contributed by atoms with Gasteiger partial charge in [-0.25, -0.2) is 0 Å². The van der Waals surface area contributed by atoms with Gasteiger partial charge in [-0.3, -0.25) is 4.79 Å². The molecule has 0 atom stereocenters. The monoisotopic (exact) mass is 289 g/mol. The Balaban J connectivity index is 2.10. The van der Waals surface area contributed by atoms with Crippen molar-refractivity contribution in [2.75, 3.05) is 25.6 Å². The van der Waals surface area contributed by atoms with E-state index in [0.717, 1.165) is 11.4 Å². The third-order valence-electron chi connectivity index (χ3n) is 3.02. The Morgan fingerprint density at radius 1 is 1.20 bits per heavy atom. The van der Waals surface area contributed by atoms with E-state index >= 15 is 0 Å². The molecule has 0 aliphatic rings. The molecule has 0 aliphatic carbocycles. The molecule has 0 saturated carbocycles. The van der Waals surface area contributed by atoms with Crippen LogP contribution in [-0.4, -0.2) is 26.5 Å². The molecule has 0 saturated heterocycles. The highest BCUT2D eigenvalue weighted by Crippen LogP contribution is 2.20. The maximum absolute atomic E-state index is 12.2. The van der Waals surface area contributed by atoms with Crippen molar-refractivity contribution in [3.63, 3.8) is 0 Å². The van der Waals surface area contributed by atoms with Gasteiger partial charge < -0.3 is 9.64 Å². The lowest BCUT2D eigenvalue weighted by molar-refractivity contribution is 0.100. The summed E-state index contributed by atoms with van der Waals surface area (Å²) < 4.78 is 5.18. The second-order valence-electron chi connectivity index (χ2n) is 4.49. The van der Waals surface area contributed by atoms with Crippen LogP contribution in [0.2, 0.25) is 5.02 Å². The van der Waals surface area contributed by atoms with Crippen molar-refractivity contribution in [1.29, 1.82) is 0 Å². The smallest absolute Gasteiger partial charge is 0.182 e. The zero-order chi connectivity index (χ0) is 14.5. The maximum Gasteiger partial charge on any atom is 0.182 e. The van der Waals surface area contributed by atoms with Crippen LogP contribution in [0.5, 0.6) is 5.75 Å². The van der Waals surface area contributed by atoms with Crippen molar-refractivity contribution in [2.45, 2.75) is 0 Å². The number of rotatable bonds is 5. The zero-order valence-corrected chi connectivity index (χ0v) is 12.2. The molecule has 2 rings (SSSR count). The molecule has 2 aromatic rings. The number of carbonyl (C=O) groups is 1. The molecule has 2 aromatic carbocycles. The summed E-state index contributed by atoms with van der Waals surface area (Å²) in [5.41, 5.74) is 1.55. The van der Waals surface area contributed by atoms with Crippen LogP contribution in [0.4, 0.5) is 5.69 Å². The van der Waals surface area contributed by atoms with E-state index in [1.54, 1.807) is 31.4 Å². The number of anilines is 1. The third kappa shape index (κ3) is 3.52. The van der Waals surface area contributed by atoms with E-state index in [1.165, 1.54) is 0 Å². The molecular weight excluding hydrogens is 274 g/mol. The molecule has 20 heavy (non-hydrogen) atoms. The van der Waals surface area contributed by atoms with Crippen LogP contribution < -0.4 is 9.64 Å². The fourth-order valence-electron chi connectivity index (χ4n) is 1.91. The Morgan fingerprint density at radius 2 is 1.95 bits per heavy atom. The molecular formula is C16H16ClNO2. The third-order valence-corrected chi connectivity index (χ3v) is 3.26. The number of likely N-dealkylation sites (N-methyl/N-ethyl adjacent to an activating group) is 1. The van der Waals surface area contributed by atoms with Gasteiger partial charge in [-0.1, -0.05) is 29.8 Å². The highest BCUT2D eigenvalue weighted by Gasteiger charge is 2.10. The minimum absolute atomic E-state index is 0.0258. The predicted molar refractivity (Wildman–Crippen MR) is 82.0 cm³/mol. The van der Waals surface area contributed by atoms with Crippen LogP contribution in [0.1, 0.15) is 10.4 Å². The number of ketones is 1. The summed E-state index contributed by atoms with van der Waals surface area (Å²) in [6, 6.07) is 14.6. The second-order valence-corrected chi connectivity index (χ2v) is 4.93. The van der Waals surface area contributed by atoms with E-state index in [2.05, 4.69) is 0 Å². The highest BCUT2D eigenvalue weighted by molar-refractivity contribution is 6.31. The summed E-state index contributed by atoms with van der Waals surface area (Å²) in [6.45, 7) is 0.285. The second kappa shape index (κ2) is 6.44. The molecule has 0 bridgehead atoms. The number of hydrogen-bond donors (Lipinski definition) is 0. The number of nitrogens with zero attached hydrogens (tertiary/aromatic N) is 1. The average Bonchev–Trinajstić information content (AvgIpc) is 2.47. The summed E-state index contributed by atoms with van der Waals surface area (Å²) in [5.74, 6) is 0.794. The van der Waals surface area contributed by atoms with Crippen molar-refractivity contribution < 1.29 is 9.53 Å². The first-order chi connectivity index (χ1) is 9.60. The van der Waals surface area contributed by atoms with Crippen LogP contribution in [0.25, 0.3) is 0 Å². The van der Waals surface area contributed by atoms with E-state index in [9.17, 15) is 4.79 Å². The van der Waals surface area contributed by atoms with Crippen molar-refractivity contribution in [3.05, 3.63) is 59.1 Å². The van der Waals surface area contributed by atoms with Gasteiger partial charge in [0.1, 0.15) is 5.75 Å². The first-order valence-corrected chi connectivity index (χ1v) is 6.62. The first kappa shape index (κ1) is 14.4. The fourth-order valence-corrected chi connectivity index (χ4v) is 2.10. The molecule has 0 aromatic heterocycles. The highest BCUT2D eigenvalue weighted by atomic mass is 35.5. The minimum atomic E-state index is 0.0258. The molecule has 0 radical (unpaired) electrons. The topological polar surface area (TPSA) is 29.5 Å². The maximum atomic E-state index is 12.2. The van der Waals surface area contributed by atoms with Gasteiger partial charge >= 0.3 is 0 Å². The predicted octanol–water partition coefficient (Wildman–Crippen LogP) is 3.67. The van der Waals surface area contributed by atoms with Gasteiger partial charge in [0.15, 0.2) is 5.78 Å². The SMILES string of the molecule is COc1cccc(N(C)CC(=O)c2cccc(Cl)c2)c1. The standard InChI is InChI=1S/C16H16ClNO2/c1-18(14-7-4-8-15(10-14)20-2)11-16(19)12-5-3-6-13(17)9-12/h3-10H,11H2,1-2H3. The molecule has 3 nitrogen and oxygen atoms in total. The number of ether oxygens (including phenoxy) is 1. The number of Topliss-reactive ketones (excluding diaryl/α,β-unsaturated/α-hetero) is 1. The first-order valence-electron chi connectivity index (χ1n) is 6.24. The quantitative estimate of drug-likeness (QED) is 0.787. The fraction of sp³-hybridized carbons (Fsp3) is 0.188. The normalized spacial score (nSPS) is 10.2. The van der Waals surface area contributed by atoms with Crippen molar-refractivity contribution >= 4 is 23.1 Å². The van der Waals surface area contributed by atoms with Gasteiger partial charge in [0.05, 0.1) is 13.7 Å². The Hall–Kier alpha value is -2.00. The lowest BCUT2D eigenvalue weighted by atomic mass is 10.1. The van der Waals surface area contributed by atoms with Crippen LogP contribution in [0, 0.1) is 0 Å². The van der Waals surface area contributed by atoms with Gasteiger partial charge in [0, 0.05) is 29.4 Å². The lowest BCUT2D eigenvalue weighted by Crippen LogP contribution is -2.25. The summed E-state index contributed by atoms with van der Waals surface area (Å²) >= 11 is 5.90. The van der Waals surface area contributed by atoms with Crippen LogP contribution >= 0.6 is 11.6 Å². The van der Waals surface area contributed by atoms with E-state index < -0.39 is 0 Å². The van der Waals surface area contributed by atoms with E-state index in [4.69, 9.17) is 16.3 Å². The van der Waals surface area contributed by atoms with Gasteiger partial charge in [-0.05, 0) is 24.3 Å². The average molecular weight is 290 g/mol. The molecule has 0 aliphatic heterocycles. The van der Waals surface area contributed by atoms with Crippen LogP contribution in [-0.2, 0) is 0 Å². The van der Waals surface area contributed by atoms with Crippen molar-refractivity contribution in [3.8, 4) is 5.75 Å². The molecule has 0 amide bonds. The summed E-state index contributed by atoms with van der Waals surface area (Å²) in [7, 11) is 3.49. The Kier molecular flexibility index (Phi) is 4.64. The van der Waals surface area contributed by atoms with Gasteiger partial charge in [-0.2, -0.15) is 0 Å². The van der Waals surface area contributed by atoms with Gasteiger partial charge in [-0.15, -0.1) is 0 Å². The summed E-state index contributed by atoms with van der Waals surface area (Å²) in [5, 5.41) is 0.569. The Morgan fingerprint density at radius 3 is 2.65 bits per heavy atom. The Labute approximate surface area is 123 Å². The number of methoxy groups -OCH3 is 1. The van der Waals surface area contributed by atoms with Crippen molar-refractivity contribution in [1.82, 2.24) is 0 Å². The summed E-state index contributed by atoms with van der Waals surface area (Å²) in [6.07, 6.45) is 0. The summed E-state index contributed by atoms with van der Waals surface area (Å²) in [4.78, 5) is 14.1. The molecule has 0 fully saturated rings. The number of carbonyl (C=O) groups excluding carboxylic acids is 1. The minimum Gasteiger partial charge on any atom is -0.497 e. The molecule has 4 heteroatoms. The van der Waals surface area contributed by atoms with E-state index in [1.807, 2.05) is 36.2 Å². The number of halogens is 1. The molecule has 0 heterocycles. The van der Waals surface area contributed by atoms with Crippen molar-refractivity contribution in [2.24, 2.45) is 0 Å². The van der Waals surface area contributed by atoms with Crippen LogP contribution in [0.15, 0.2) is 48.5 Å². The molecule has 104 valence electrons. The van der Waals surface area contributed by atoms with Gasteiger partial charge in [0.25, 0.3) is 0 Å². The van der Waals surface area contributed by atoms with Gasteiger partial charge in [0.2, 0.25) is 0 Å². The van der Waals surface area contributed by atoms with E-state index in [0.29, 0.717) is 10.6 Å². The zero-order valence-electron chi connectivity index (χ0n) is 11.5. The molecule has 0 N–H and O–H groups in total. The molecule has 0 spiro atoms. The lowest BCUT2D eigenvalue weighted by Gasteiger charge is -2.19. The number of benzene rings is 2.